The lowest BCUT2D eigenvalue weighted by atomic mass is 9.97. The molecule has 4 saturated heterocycles. The molecule has 0 spiro atoms. The highest BCUT2D eigenvalue weighted by Crippen LogP contribution is 2.35. The number of methoxy groups -OCH3 is 3. The minimum atomic E-state index is -0.297. The predicted molar refractivity (Wildman–Crippen MR) is 226 cm³/mol. The summed E-state index contributed by atoms with van der Waals surface area (Å²) in [5.41, 5.74) is 1.68. The maximum atomic E-state index is 12.7. The number of nitrogens with zero attached hydrogens (tertiary/aromatic N) is 7. The molecule has 0 radical (unpaired) electrons. The number of aromatic nitrogens is 4. The Balaban J connectivity index is 0.000000171. The van der Waals surface area contributed by atoms with Crippen LogP contribution in [0.15, 0.2) is 45.4 Å². The molecule has 0 bridgehead atoms. The summed E-state index contributed by atoms with van der Waals surface area (Å²) in [5.74, 6) is 5.70. The van der Waals surface area contributed by atoms with Gasteiger partial charge in [-0.15, -0.1) is 0 Å². The van der Waals surface area contributed by atoms with Crippen molar-refractivity contribution in [1.29, 1.82) is 0 Å². The lowest BCUT2D eigenvalue weighted by Crippen LogP contribution is -2.48. The highest BCUT2D eigenvalue weighted by molar-refractivity contribution is 6.62. The summed E-state index contributed by atoms with van der Waals surface area (Å²) in [6, 6.07) is 11.4. The normalized spacial score (nSPS) is 17.4. The molecule has 4 aliphatic rings. The molecule has 0 saturated carbocycles. The first-order valence-electron chi connectivity index (χ1n) is 21.2. The van der Waals surface area contributed by atoms with Gasteiger partial charge in [0, 0.05) is 62.2 Å². The van der Waals surface area contributed by atoms with Crippen LogP contribution < -0.4 is 24.3 Å². The summed E-state index contributed by atoms with van der Waals surface area (Å²) in [5, 5.41) is 11.3. The number of hydrogen-bond acceptors (Lipinski definition) is 13. The van der Waals surface area contributed by atoms with Gasteiger partial charge in [0.1, 0.15) is 0 Å². The van der Waals surface area contributed by atoms with Crippen LogP contribution in [0.5, 0.6) is 23.0 Å². The zero-order valence-corrected chi connectivity index (χ0v) is 36.1. The van der Waals surface area contributed by atoms with E-state index in [1.165, 1.54) is 12.8 Å². The maximum Gasteiger partial charge on any atom is 0.319 e. The van der Waals surface area contributed by atoms with Crippen molar-refractivity contribution < 1.29 is 37.6 Å². The molecule has 16 nitrogen and oxygen atoms in total. The fourth-order valence-electron chi connectivity index (χ4n) is 7.83. The van der Waals surface area contributed by atoms with Gasteiger partial charge in [0.25, 0.3) is 0 Å². The number of hydrogen-bond donors (Lipinski definition) is 1. The Kier molecular flexibility index (Phi) is 16.7. The van der Waals surface area contributed by atoms with E-state index in [-0.39, 0.29) is 17.3 Å². The van der Waals surface area contributed by atoms with Crippen LogP contribution in [-0.2, 0) is 0 Å². The Morgan fingerprint density at radius 3 is 1.60 bits per heavy atom. The fourth-order valence-corrected chi connectivity index (χ4v) is 8.00. The SMILES string of the molecule is CCOc1ccc(-c2noc(C3CCNCC3)n2)cc1OC.COc1ccc(-c2noc(C3CCN(C(=O)N4CCCCC4)CC3)n2)cc1OC.O=C(Cl)N1CCCCC1. The van der Waals surface area contributed by atoms with E-state index in [0.717, 1.165) is 126 Å². The van der Waals surface area contributed by atoms with Crippen molar-refractivity contribution in [2.75, 3.05) is 80.3 Å². The van der Waals surface area contributed by atoms with Gasteiger partial charge < -0.3 is 48.0 Å². The van der Waals surface area contributed by atoms with Crippen LogP contribution in [0.25, 0.3) is 22.8 Å². The molecule has 4 aromatic rings. The molecular weight excluding hydrogens is 792 g/mol. The van der Waals surface area contributed by atoms with Crippen molar-refractivity contribution >= 4 is 23.0 Å². The van der Waals surface area contributed by atoms with E-state index in [2.05, 4.69) is 25.6 Å². The summed E-state index contributed by atoms with van der Waals surface area (Å²) in [7, 11) is 4.83. The van der Waals surface area contributed by atoms with Crippen molar-refractivity contribution in [3.63, 3.8) is 0 Å². The second-order valence-electron chi connectivity index (χ2n) is 15.2. The van der Waals surface area contributed by atoms with Gasteiger partial charge >= 0.3 is 11.4 Å². The number of carbonyl (C=O) groups is 2. The van der Waals surface area contributed by atoms with Gasteiger partial charge in [0.2, 0.25) is 23.4 Å². The van der Waals surface area contributed by atoms with Crippen molar-refractivity contribution in [2.45, 2.75) is 83.0 Å². The van der Waals surface area contributed by atoms with E-state index in [1.807, 2.05) is 53.1 Å². The molecule has 1 N–H and O–H groups in total. The third-order valence-electron chi connectivity index (χ3n) is 11.3. The zero-order valence-electron chi connectivity index (χ0n) is 35.3. The van der Waals surface area contributed by atoms with Crippen LogP contribution >= 0.6 is 11.6 Å². The van der Waals surface area contributed by atoms with Gasteiger partial charge in [-0.2, -0.15) is 9.97 Å². The van der Waals surface area contributed by atoms with Crippen LogP contribution in [0, 0.1) is 0 Å². The van der Waals surface area contributed by atoms with Crippen molar-refractivity contribution in [1.82, 2.24) is 40.3 Å². The average molecular weight is 851 g/mol. The molecule has 6 heterocycles. The fraction of sp³-hybridized carbons (Fsp3) is 0.581. The summed E-state index contributed by atoms with van der Waals surface area (Å²) in [4.78, 5) is 38.0. The Bertz CT molecular complexity index is 1950. The standard InChI is InChI=1S/C21H28N4O4.C16H21N3O3.C6H10ClNO/c1-27-17-7-6-16(14-18(17)28-2)19-22-20(29-23-19)15-8-12-25(13-9-15)21(26)24-10-4-3-5-11-24;1-3-21-13-5-4-12(10-14(13)20-2)15-18-16(22-19-15)11-6-8-17-9-7-11;7-6(9)8-4-2-1-3-5-8/h6-7,14-15H,3-5,8-13H2,1-2H3;4-5,10-11,17H,3,6-9H2,1-2H3;1-5H2. The highest BCUT2D eigenvalue weighted by Gasteiger charge is 2.30. The van der Waals surface area contributed by atoms with Crippen molar-refractivity contribution in [3.8, 4) is 45.8 Å². The van der Waals surface area contributed by atoms with Gasteiger partial charge in [0.15, 0.2) is 23.0 Å². The van der Waals surface area contributed by atoms with E-state index >= 15 is 0 Å². The number of piperidine rings is 4. The number of benzene rings is 2. The summed E-state index contributed by atoms with van der Waals surface area (Å²) >= 11 is 5.24. The third kappa shape index (κ3) is 11.8. The van der Waals surface area contributed by atoms with Gasteiger partial charge in [-0.25, -0.2) is 4.79 Å². The minimum Gasteiger partial charge on any atom is -0.493 e. The van der Waals surface area contributed by atoms with Crippen LogP contribution in [-0.4, -0.2) is 127 Å². The molecule has 17 heteroatoms. The lowest BCUT2D eigenvalue weighted by molar-refractivity contribution is 0.128. The first-order chi connectivity index (χ1) is 29.3. The molecule has 4 fully saturated rings. The van der Waals surface area contributed by atoms with Gasteiger partial charge in [-0.05, 0) is 132 Å². The average Bonchev–Trinajstić information content (AvgIpc) is 4.02. The Morgan fingerprint density at radius 1 is 0.650 bits per heavy atom. The maximum absolute atomic E-state index is 12.7. The quantitative estimate of drug-likeness (QED) is 0.127. The monoisotopic (exact) mass is 850 g/mol. The van der Waals surface area contributed by atoms with Gasteiger partial charge in [0.05, 0.1) is 27.9 Å². The van der Waals surface area contributed by atoms with E-state index in [9.17, 15) is 9.59 Å². The number of carbonyl (C=O) groups excluding carboxylic acids is 2. The van der Waals surface area contributed by atoms with Crippen molar-refractivity contribution in [3.05, 3.63) is 48.2 Å². The summed E-state index contributed by atoms with van der Waals surface area (Å²) < 4.78 is 32.5. The van der Waals surface area contributed by atoms with Gasteiger partial charge in [-0.1, -0.05) is 10.3 Å². The topological polar surface area (TPSA) is 171 Å². The van der Waals surface area contributed by atoms with Crippen LogP contribution in [0.1, 0.15) is 94.7 Å². The molecule has 60 heavy (non-hydrogen) atoms. The van der Waals surface area contributed by atoms with E-state index < -0.39 is 0 Å². The Hall–Kier alpha value is -5.09. The molecule has 0 atom stereocenters. The number of ether oxygens (including phenoxy) is 4. The largest absolute Gasteiger partial charge is 0.493 e. The first-order valence-corrected chi connectivity index (χ1v) is 21.6. The minimum absolute atomic E-state index is 0.180. The van der Waals surface area contributed by atoms with E-state index in [1.54, 1.807) is 26.2 Å². The van der Waals surface area contributed by atoms with Crippen molar-refractivity contribution in [2.24, 2.45) is 0 Å². The smallest absolute Gasteiger partial charge is 0.319 e. The molecule has 4 aliphatic heterocycles. The van der Waals surface area contributed by atoms with E-state index in [0.29, 0.717) is 47.3 Å². The van der Waals surface area contributed by atoms with Crippen LogP contribution in [0.3, 0.4) is 0 Å². The summed E-state index contributed by atoms with van der Waals surface area (Å²) in [6.45, 7) is 9.47. The summed E-state index contributed by atoms with van der Waals surface area (Å²) in [6.07, 6.45) is 10.7. The van der Waals surface area contributed by atoms with Crippen LogP contribution in [0.2, 0.25) is 0 Å². The second kappa shape index (κ2) is 22.5. The Morgan fingerprint density at radius 2 is 1.12 bits per heavy atom. The molecule has 0 unspecified atom stereocenters. The number of urea groups is 1. The molecule has 326 valence electrons. The lowest BCUT2D eigenvalue weighted by Gasteiger charge is -2.36. The first kappa shape index (κ1) is 44.5. The molecule has 0 aliphatic carbocycles. The predicted octanol–water partition coefficient (Wildman–Crippen LogP) is 7.98. The van der Waals surface area contributed by atoms with Gasteiger partial charge in [-0.3, -0.25) is 4.79 Å². The Labute approximate surface area is 357 Å². The number of nitrogens with one attached hydrogen (secondary N) is 1. The number of likely N-dealkylation sites (tertiary alicyclic amines) is 3. The molecular formula is C43H59ClN8O8. The third-order valence-corrected chi connectivity index (χ3v) is 11.5. The highest BCUT2D eigenvalue weighted by atomic mass is 35.5. The molecule has 2 aromatic heterocycles. The second-order valence-corrected chi connectivity index (χ2v) is 15.5. The number of amides is 3. The molecule has 8 rings (SSSR count). The van der Waals surface area contributed by atoms with E-state index in [4.69, 9.17) is 39.6 Å². The number of rotatable bonds is 9. The zero-order chi connectivity index (χ0) is 42.3. The molecule has 3 amide bonds. The molecule has 2 aromatic carbocycles. The number of halogens is 1. The van der Waals surface area contributed by atoms with Crippen LogP contribution in [0.4, 0.5) is 9.59 Å².